The quantitative estimate of drug-likeness (QED) is 0.567. The fourth-order valence-corrected chi connectivity index (χ4v) is 3.17. The van der Waals surface area contributed by atoms with Crippen molar-refractivity contribution in [1.82, 2.24) is 9.55 Å². The summed E-state index contributed by atoms with van der Waals surface area (Å²) in [5, 5.41) is -0.157. The summed E-state index contributed by atoms with van der Waals surface area (Å²) < 4.78 is 3.16. The van der Waals surface area contributed by atoms with Crippen LogP contribution in [0.3, 0.4) is 0 Å². The summed E-state index contributed by atoms with van der Waals surface area (Å²) >= 11 is 9.96. The topological polar surface area (TPSA) is 17.8 Å². The van der Waals surface area contributed by atoms with Gasteiger partial charge >= 0.3 is 0 Å². The van der Waals surface area contributed by atoms with Gasteiger partial charge in [0.25, 0.3) is 0 Å². The van der Waals surface area contributed by atoms with E-state index in [1.165, 1.54) is 5.56 Å². The van der Waals surface area contributed by atoms with Gasteiger partial charge in [0.15, 0.2) is 0 Å². The summed E-state index contributed by atoms with van der Waals surface area (Å²) in [7, 11) is 0. The molecule has 0 radical (unpaired) electrons. The number of benzene rings is 2. The fraction of sp³-hybridized carbons (Fsp3) is 0.188. The molecule has 102 valence electrons. The molecule has 0 spiro atoms. The minimum Gasteiger partial charge on any atom is -0.294 e. The van der Waals surface area contributed by atoms with Crippen molar-refractivity contribution < 1.29 is 0 Å². The third kappa shape index (κ3) is 2.25. The van der Waals surface area contributed by atoms with Crippen molar-refractivity contribution in [3.63, 3.8) is 0 Å². The molecule has 1 aromatic heterocycles. The summed E-state index contributed by atoms with van der Waals surface area (Å²) in [5.74, 6) is 0.859. The maximum Gasteiger partial charge on any atom is 0.132 e. The number of imidazole rings is 1. The molecular formula is C16H14BrClN2. The van der Waals surface area contributed by atoms with E-state index in [0.29, 0.717) is 0 Å². The second kappa shape index (κ2) is 5.23. The van der Waals surface area contributed by atoms with E-state index in [1.54, 1.807) is 0 Å². The average molecular weight is 350 g/mol. The zero-order valence-electron chi connectivity index (χ0n) is 11.3. The third-order valence-electron chi connectivity index (χ3n) is 3.29. The summed E-state index contributed by atoms with van der Waals surface area (Å²) in [6, 6.07) is 14.4. The number of aryl methyl sites for hydroxylation is 1. The Labute approximate surface area is 131 Å². The van der Waals surface area contributed by atoms with E-state index in [-0.39, 0.29) is 5.38 Å². The van der Waals surface area contributed by atoms with E-state index >= 15 is 0 Å². The molecule has 3 rings (SSSR count). The summed E-state index contributed by atoms with van der Waals surface area (Å²) in [6.07, 6.45) is 0. The molecule has 0 amide bonds. The fourth-order valence-electron chi connectivity index (χ4n) is 2.36. The highest BCUT2D eigenvalue weighted by molar-refractivity contribution is 9.10. The van der Waals surface area contributed by atoms with Crippen molar-refractivity contribution in [1.29, 1.82) is 0 Å². The summed E-state index contributed by atoms with van der Waals surface area (Å²) in [6.45, 7) is 4.02. The lowest BCUT2D eigenvalue weighted by atomic mass is 10.2. The Balaban J connectivity index is 2.36. The highest BCUT2D eigenvalue weighted by atomic mass is 79.9. The first-order chi connectivity index (χ1) is 9.58. The Kier molecular flexibility index (Phi) is 3.57. The van der Waals surface area contributed by atoms with Gasteiger partial charge in [-0.2, -0.15) is 0 Å². The monoisotopic (exact) mass is 348 g/mol. The lowest BCUT2D eigenvalue weighted by Crippen LogP contribution is -2.02. The van der Waals surface area contributed by atoms with Gasteiger partial charge in [0.1, 0.15) is 5.82 Å². The van der Waals surface area contributed by atoms with Crippen molar-refractivity contribution in [2.24, 2.45) is 0 Å². The smallest absolute Gasteiger partial charge is 0.132 e. The highest BCUT2D eigenvalue weighted by Crippen LogP contribution is 2.31. The van der Waals surface area contributed by atoms with Crippen molar-refractivity contribution in [3.8, 4) is 5.69 Å². The number of hydrogen-bond donors (Lipinski definition) is 0. The van der Waals surface area contributed by atoms with Crippen LogP contribution in [0.25, 0.3) is 16.7 Å². The molecule has 0 aliphatic carbocycles. The number of rotatable bonds is 2. The van der Waals surface area contributed by atoms with Crippen LogP contribution in [0.5, 0.6) is 0 Å². The lowest BCUT2D eigenvalue weighted by molar-refractivity contribution is 0.880. The SMILES string of the molecule is Cc1ccc(-n2c(C(C)Cl)nc3ccccc32)c(Br)c1. The summed E-state index contributed by atoms with van der Waals surface area (Å²) in [4.78, 5) is 4.66. The predicted molar refractivity (Wildman–Crippen MR) is 87.8 cm³/mol. The molecule has 0 aliphatic heterocycles. The molecule has 0 N–H and O–H groups in total. The maximum absolute atomic E-state index is 6.31. The van der Waals surface area contributed by atoms with Crippen LogP contribution in [-0.2, 0) is 0 Å². The van der Waals surface area contributed by atoms with Crippen LogP contribution in [-0.4, -0.2) is 9.55 Å². The van der Waals surface area contributed by atoms with Crippen molar-refractivity contribution in [2.75, 3.05) is 0 Å². The lowest BCUT2D eigenvalue weighted by Gasteiger charge is -2.13. The predicted octanol–water partition coefficient (Wildman–Crippen LogP) is 5.40. The zero-order valence-corrected chi connectivity index (χ0v) is 13.6. The van der Waals surface area contributed by atoms with Gasteiger partial charge in [-0.1, -0.05) is 18.2 Å². The molecule has 3 aromatic rings. The molecule has 1 unspecified atom stereocenters. The number of aromatic nitrogens is 2. The van der Waals surface area contributed by atoms with E-state index in [0.717, 1.165) is 27.0 Å². The number of fused-ring (bicyclic) bond motifs is 1. The second-order valence-electron chi connectivity index (χ2n) is 4.86. The van der Waals surface area contributed by atoms with E-state index in [2.05, 4.69) is 56.7 Å². The molecule has 0 aliphatic rings. The zero-order chi connectivity index (χ0) is 14.3. The van der Waals surface area contributed by atoms with Crippen LogP contribution in [0.1, 0.15) is 23.7 Å². The Morgan fingerprint density at radius 3 is 2.65 bits per heavy atom. The molecule has 0 saturated carbocycles. The van der Waals surface area contributed by atoms with Gasteiger partial charge in [0.05, 0.1) is 22.1 Å². The first-order valence-corrected chi connectivity index (χ1v) is 7.69. The Morgan fingerprint density at radius 2 is 1.95 bits per heavy atom. The van der Waals surface area contributed by atoms with Crippen molar-refractivity contribution in [2.45, 2.75) is 19.2 Å². The normalized spacial score (nSPS) is 12.8. The Bertz CT molecular complexity index is 777. The average Bonchev–Trinajstić information content (AvgIpc) is 2.78. The third-order valence-corrected chi connectivity index (χ3v) is 4.12. The Morgan fingerprint density at radius 1 is 1.20 bits per heavy atom. The van der Waals surface area contributed by atoms with Crippen LogP contribution in [0, 0.1) is 6.92 Å². The first-order valence-electron chi connectivity index (χ1n) is 6.46. The van der Waals surface area contributed by atoms with Crippen LogP contribution in [0.15, 0.2) is 46.9 Å². The number of para-hydroxylation sites is 2. The number of halogens is 2. The summed E-state index contributed by atoms with van der Waals surface area (Å²) in [5.41, 5.74) is 4.30. The Hall–Kier alpha value is -1.32. The van der Waals surface area contributed by atoms with E-state index in [9.17, 15) is 0 Å². The molecule has 0 bridgehead atoms. The molecular weight excluding hydrogens is 336 g/mol. The van der Waals surface area contributed by atoms with Gasteiger partial charge in [-0.05, 0) is 59.6 Å². The van der Waals surface area contributed by atoms with Gasteiger partial charge in [-0.3, -0.25) is 4.57 Å². The van der Waals surface area contributed by atoms with E-state index in [1.807, 2.05) is 25.1 Å². The van der Waals surface area contributed by atoms with Crippen LogP contribution < -0.4 is 0 Å². The van der Waals surface area contributed by atoms with Crippen LogP contribution in [0.4, 0.5) is 0 Å². The van der Waals surface area contributed by atoms with Gasteiger partial charge in [0.2, 0.25) is 0 Å². The molecule has 4 heteroatoms. The highest BCUT2D eigenvalue weighted by Gasteiger charge is 2.17. The van der Waals surface area contributed by atoms with Crippen molar-refractivity contribution in [3.05, 3.63) is 58.3 Å². The molecule has 2 nitrogen and oxygen atoms in total. The molecule has 0 saturated heterocycles. The van der Waals surface area contributed by atoms with Crippen LogP contribution >= 0.6 is 27.5 Å². The van der Waals surface area contributed by atoms with Gasteiger partial charge in [-0.25, -0.2) is 4.98 Å². The molecule has 0 fully saturated rings. The molecule has 1 heterocycles. The van der Waals surface area contributed by atoms with Gasteiger partial charge in [0, 0.05) is 4.47 Å². The minimum absolute atomic E-state index is 0.157. The maximum atomic E-state index is 6.31. The first kappa shape index (κ1) is 13.7. The molecule has 2 aromatic carbocycles. The molecule has 20 heavy (non-hydrogen) atoms. The van der Waals surface area contributed by atoms with Gasteiger partial charge in [-0.15, -0.1) is 11.6 Å². The van der Waals surface area contributed by atoms with Crippen LogP contribution in [0.2, 0.25) is 0 Å². The standard InChI is InChI=1S/C16H14BrClN2/c1-10-7-8-14(12(17)9-10)20-15-6-4-3-5-13(15)19-16(20)11(2)18/h3-9,11H,1-2H3. The minimum atomic E-state index is -0.157. The van der Waals surface area contributed by atoms with E-state index < -0.39 is 0 Å². The molecule has 1 atom stereocenters. The van der Waals surface area contributed by atoms with E-state index in [4.69, 9.17) is 11.6 Å². The number of nitrogens with zero attached hydrogens (tertiary/aromatic N) is 2. The van der Waals surface area contributed by atoms with Gasteiger partial charge < -0.3 is 0 Å². The second-order valence-corrected chi connectivity index (χ2v) is 6.37. The number of alkyl halides is 1. The number of hydrogen-bond acceptors (Lipinski definition) is 1. The van der Waals surface area contributed by atoms with Crippen molar-refractivity contribution >= 4 is 38.6 Å². The largest absolute Gasteiger partial charge is 0.294 e.